The van der Waals surface area contributed by atoms with Crippen molar-refractivity contribution in [3.8, 4) is 28.3 Å². The van der Waals surface area contributed by atoms with Crippen LogP contribution in [0, 0.1) is 0 Å². The third-order valence-corrected chi connectivity index (χ3v) is 5.70. The molecule has 0 radical (unpaired) electrons. The number of piperidine rings is 1. The van der Waals surface area contributed by atoms with E-state index in [0.717, 1.165) is 29.8 Å². The number of rotatable bonds is 4. The van der Waals surface area contributed by atoms with Crippen LogP contribution >= 0.6 is 17.0 Å². The number of phenolic OH excluding ortho intramolecular Hbond substituents is 1. The van der Waals surface area contributed by atoms with E-state index >= 15 is 0 Å². The molecule has 31 heavy (non-hydrogen) atoms. The molecule has 1 saturated heterocycles. The van der Waals surface area contributed by atoms with Crippen LogP contribution in [0.15, 0.2) is 36.8 Å². The summed E-state index contributed by atoms with van der Waals surface area (Å²) < 4.78 is 0. The van der Waals surface area contributed by atoms with Gasteiger partial charge in [-0.1, -0.05) is 6.07 Å². The quantitative estimate of drug-likeness (QED) is 0.511. The van der Waals surface area contributed by atoms with Crippen LogP contribution in [-0.4, -0.2) is 54.7 Å². The fourth-order valence-corrected chi connectivity index (χ4v) is 4.59. The third kappa shape index (κ3) is 5.04. The Morgan fingerprint density at radius 2 is 1.74 bits per heavy atom. The topological polar surface area (TPSA) is 103 Å². The second-order valence-corrected chi connectivity index (χ2v) is 9.42. The van der Waals surface area contributed by atoms with E-state index in [4.69, 9.17) is 0 Å². The Bertz CT molecular complexity index is 1000. The van der Waals surface area contributed by atoms with Gasteiger partial charge in [-0.05, 0) is 58.2 Å². The first-order chi connectivity index (χ1) is 14.1. The minimum absolute atomic E-state index is 0. The van der Waals surface area contributed by atoms with Crippen molar-refractivity contribution in [2.45, 2.75) is 57.7 Å². The maximum atomic E-state index is 10.5. The number of nitrogens with zero attached hydrogens (tertiary/aromatic N) is 5. The van der Waals surface area contributed by atoms with Gasteiger partial charge in [0.05, 0.1) is 18.0 Å². The predicted octanol–water partition coefficient (Wildman–Crippen LogP) is 3.96. The van der Waals surface area contributed by atoms with Crippen LogP contribution in [0.25, 0.3) is 22.5 Å². The molecule has 0 amide bonds. The van der Waals surface area contributed by atoms with Gasteiger partial charge < -0.3 is 15.3 Å². The molecule has 0 spiro atoms. The molecule has 1 aliphatic rings. The number of aromatic amines is 1. The van der Waals surface area contributed by atoms with Crippen molar-refractivity contribution in [1.29, 1.82) is 0 Å². The first kappa shape index (κ1) is 23.1. The number of anilines is 1. The van der Waals surface area contributed by atoms with Crippen LogP contribution in [-0.2, 0) is 0 Å². The molecular weight excluding hydrogens is 458 g/mol. The lowest BCUT2D eigenvalue weighted by Crippen LogP contribution is -2.62. The number of halogens is 1. The van der Waals surface area contributed by atoms with E-state index in [9.17, 15) is 5.11 Å². The lowest BCUT2D eigenvalue weighted by molar-refractivity contribution is 0.160. The van der Waals surface area contributed by atoms with Crippen LogP contribution in [0.2, 0.25) is 0 Å². The van der Waals surface area contributed by atoms with Gasteiger partial charge in [0.15, 0.2) is 11.6 Å². The number of phenols is 1. The highest BCUT2D eigenvalue weighted by molar-refractivity contribution is 8.93. The molecule has 0 saturated carbocycles. The van der Waals surface area contributed by atoms with Gasteiger partial charge in [0, 0.05) is 35.9 Å². The normalized spacial score (nSPS) is 17.7. The van der Waals surface area contributed by atoms with Gasteiger partial charge in [0.2, 0.25) is 0 Å². The average molecular weight is 488 g/mol. The lowest BCUT2D eigenvalue weighted by atomic mass is 9.79. The summed E-state index contributed by atoms with van der Waals surface area (Å²) in [4.78, 5) is 6.64. The molecule has 1 aliphatic heterocycles. The highest BCUT2D eigenvalue weighted by Crippen LogP contribution is 2.34. The summed E-state index contributed by atoms with van der Waals surface area (Å²) in [6.45, 7) is 8.94. The molecule has 9 heteroatoms. The predicted molar refractivity (Wildman–Crippen MR) is 128 cm³/mol. The van der Waals surface area contributed by atoms with Crippen molar-refractivity contribution in [3.63, 3.8) is 0 Å². The Morgan fingerprint density at radius 3 is 2.29 bits per heavy atom. The summed E-state index contributed by atoms with van der Waals surface area (Å²) in [5.41, 5.74) is 2.41. The van der Waals surface area contributed by atoms with Gasteiger partial charge in [-0.2, -0.15) is 5.10 Å². The van der Waals surface area contributed by atoms with E-state index < -0.39 is 0 Å². The second kappa shape index (κ2) is 8.55. The van der Waals surface area contributed by atoms with E-state index in [-0.39, 0.29) is 33.8 Å². The average Bonchev–Trinajstić information content (AvgIpc) is 3.20. The Morgan fingerprint density at radius 1 is 1.03 bits per heavy atom. The molecule has 3 heterocycles. The maximum Gasteiger partial charge on any atom is 0.185 e. The summed E-state index contributed by atoms with van der Waals surface area (Å²) in [6, 6.07) is 5.72. The van der Waals surface area contributed by atoms with Gasteiger partial charge >= 0.3 is 0 Å². The number of aromatic nitrogens is 5. The Hall–Kier alpha value is -2.52. The maximum absolute atomic E-state index is 10.5. The van der Waals surface area contributed by atoms with Gasteiger partial charge in [0.25, 0.3) is 0 Å². The minimum atomic E-state index is 0. The van der Waals surface area contributed by atoms with Crippen molar-refractivity contribution < 1.29 is 5.11 Å². The molecule has 3 N–H and O–H groups in total. The molecule has 3 aromatic rings. The molecule has 4 rings (SSSR count). The minimum Gasteiger partial charge on any atom is -0.507 e. The van der Waals surface area contributed by atoms with E-state index in [0.29, 0.717) is 17.4 Å². The van der Waals surface area contributed by atoms with Crippen LogP contribution < -0.4 is 10.2 Å². The van der Waals surface area contributed by atoms with Crippen molar-refractivity contribution in [1.82, 2.24) is 30.7 Å². The SMILES string of the molecule is Br.CN(c1cnc(-c2ccc(-c3cn[nH]c3)cc2O)nn1)C1CC(C)(C)NC(C)(C)C1. The zero-order chi connectivity index (χ0) is 21.5. The van der Waals surface area contributed by atoms with Crippen molar-refractivity contribution in [2.75, 3.05) is 11.9 Å². The van der Waals surface area contributed by atoms with Gasteiger partial charge in [0.1, 0.15) is 5.75 Å². The first-order valence-corrected chi connectivity index (χ1v) is 10.2. The van der Waals surface area contributed by atoms with E-state index in [1.807, 2.05) is 13.1 Å². The van der Waals surface area contributed by atoms with Crippen LogP contribution in [0.3, 0.4) is 0 Å². The summed E-state index contributed by atoms with van der Waals surface area (Å²) in [7, 11) is 2.05. The third-order valence-electron chi connectivity index (χ3n) is 5.70. The zero-order valence-corrected chi connectivity index (χ0v) is 20.3. The largest absolute Gasteiger partial charge is 0.507 e. The lowest BCUT2D eigenvalue weighted by Gasteiger charge is -2.49. The van der Waals surface area contributed by atoms with Crippen LogP contribution in [0.5, 0.6) is 5.75 Å². The highest BCUT2D eigenvalue weighted by atomic mass is 79.9. The Labute approximate surface area is 193 Å². The summed E-state index contributed by atoms with van der Waals surface area (Å²) in [5.74, 6) is 1.24. The smallest absolute Gasteiger partial charge is 0.185 e. The molecule has 166 valence electrons. The highest BCUT2D eigenvalue weighted by Gasteiger charge is 2.39. The van der Waals surface area contributed by atoms with Crippen LogP contribution in [0.1, 0.15) is 40.5 Å². The Kier molecular flexibility index (Phi) is 6.38. The summed E-state index contributed by atoms with van der Waals surface area (Å²) in [6.07, 6.45) is 7.23. The number of aromatic hydroxyl groups is 1. The van der Waals surface area contributed by atoms with E-state index in [1.54, 1.807) is 30.7 Å². The fourth-order valence-electron chi connectivity index (χ4n) is 4.59. The summed E-state index contributed by atoms with van der Waals surface area (Å²) >= 11 is 0. The van der Waals surface area contributed by atoms with Crippen molar-refractivity contribution in [2.24, 2.45) is 0 Å². The number of hydrogen-bond acceptors (Lipinski definition) is 7. The van der Waals surface area contributed by atoms with Crippen molar-refractivity contribution in [3.05, 3.63) is 36.8 Å². The standard InChI is InChI=1S/C22H29N7O.BrH/c1-21(2)9-16(10-22(3,4)28-21)29(5)19-13-23-20(27-26-19)17-7-6-14(8-18(17)30)15-11-24-25-12-15;/h6-8,11-13,16,28,30H,9-10H2,1-5H3,(H,24,25);1H. The molecule has 0 atom stereocenters. The van der Waals surface area contributed by atoms with Crippen LogP contribution in [0.4, 0.5) is 5.82 Å². The molecule has 0 aliphatic carbocycles. The molecule has 8 nitrogen and oxygen atoms in total. The van der Waals surface area contributed by atoms with Crippen molar-refractivity contribution >= 4 is 22.8 Å². The van der Waals surface area contributed by atoms with Gasteiger partial charge in [-0.3, -0.25) is 5.10 Å². The molecule has 0 unspecified atom stereocenters. The molecule has 1 aromatic carbocycles. The zero-order valence-electron chi connectivity index (χ0n) is 18.5. The summed E-state index contributed by atoms with van der Waals surface area (Å²) in [5, 5.41) is 29.6. The van der Waals surface area contributed by atoms with Gasteiger partial charge in [-0.25, -0.2) is 4.98 Å². The molecule has 1 fully saturated rings. The van der Waals surface area contributed by atoms with E-state index in [2.05, 4.69) is 63.3 Å². The second-order valence-electron chi connectivity index (χ2n) is 9.42. The monoisotopic (exact) mass is 487 g/mol. The number of nitrogens with one attached hydrogen (secondary N) is 2. The number of hydrogen-bond donors (Lipinski definition) is 3. The number of H-pyrrole nitrogens is 1. The molecular formula is C22H30BrN7O. The number of benzene rings is 1. The van der Waals surface area contributed by atoms with E-state index in [1.165, 1.54) is 0 Å². The Balaban J connectivity index is 0.00000272. The molecule has 0 bridgehead atoms. The first-order valence-electron chi connectivity index (χ1n) is 10.2. The molecule has 2 aromatic heterocycles. The fraction of sp³-hybridized carbons (Fsp3) is 0.455. The van der Waals surface area contributed by atoms with Gasteiger partial charge in [-0.15, -0.1) is 27.2 Å².